The second-order valence-electron chi connectivity index (χ2n) is 4.22. The molecule has 1 aromatic heterocycles. The lowest BCUT2D eigenvalue weighted by Gasteiger charge is -2.12. The van der Waals surface area contributed by atoms with Gasteiger partial charge in [0.25, 0.3) is 0 Å². The van der Waals surface area contributed by atoms with Gasteiger partial charge in [0.2, 0.25) is 0 Å². The van der Waals surface area contributed by atoms with E-state index in [4.69, 9.17) is 10.5 Å². The summed E-state index contributed by atoms with van der Waals surface area (Å²) in [6, 6.07) is 7.34. The molecule has 5 nitrogen and oxygen atoms in total. The minimum absolute atomic E-state index is 0.0565. The van der Waals surface area contributed by atoms with E-state index >= 15 is 0 Å². The molecule has 0 aliphatic carbocycles. The van der Waals surface area contributed by atoms with E-state index in [1.54, 1.807) is 31.1 Å². The van der Waals surface area contributed by atoms with Crippen molar-refractivity contribution in [1.29, 1.82) is 0 Å². The molecule has 5 heteroatoms. The highest BCUT2D eigenvalue weighted by molar-refractivity contribution is 5.28. The Balaban J connectivity index is 2.14. The number of hydrogen-bond acceptors (Lipinski definition) is 3. The lowest BCUT2D eigenvalue weighted by molar-refractivity contribution is 0.414. The summed E-state index contributed by atoms with van der Waals surface area (Å²) in [6.07, 6.45) is 3.47. The van der Waals surface area contributed by atoms with E-state index in [0.29, 0.717) is 6.54 Å². The molecule has 0 fully saturated rings. The zero-order valence-corrected chi connectivity index (χ0v) is 10.5. The topological polar surface area (TPSA) is 62.2 Å². The Morgan fingerprint density at radius 2 is 1.94 bits per heavy atom. The van der Waals surface area contributed by atoms with Crippen molar-refractivity contribution in [2.45, 2.75) is 12.6 Å². The largest absolute Gasteiger partial charge is 0.497 e. The maximum atomic E-state index is 11.7. The van der Waals surface area contributed by atoms with E-state index < -0.39 is 0 Å². The Morgan fingerprint density at radius 1 is 1.28 bits per heavy atom. The van der Waals surface area contributed by atoms with Gasteiger partial charge in [-0.15, -0.1) is 0 Å². The number of nitrogens with two attached hydrogens (primary N) is 1. The molecule has 0 amide bonds. The molecule has 1 atom stereocenters. The van der Waals surface area contributed by atoms with Crippen LogP contribution in [0.5, 0.6) is 5.75 Å². The summed E-state index contributed by atoms with van der Waals surface area (Å²) >= 11 is 0. The molecule has 0 aliphatic rings. The lowest BCUT2D eigenvalue weighted by atomic mass is 10.1. The Kier molecular flexibility index (Phi) is 3.53. The monoisotopic (exact) mass is 247 g/mol. The smallest absolute Gasteiger partial charge is 0.327 e. The third kappa shape index (κ3) is 2.46. The van der Waals surface area contributed by atoms with Crippen LogP contribution in [0.25, 0.3) is 0 Å². The summed E-state index contributed by atoms with van der Waals surface area (Å²) in [5, 5.41) is 0. The number of nitrogens with zero attached hydrogens (tertiary/aromatic N) is 2. The highest BCUT2D eigenvalue weighted by atomic mass is 16.5. The highest BCUT2D eigenvalue weighted by Crippen LogP contribution is 2.16. The van der Waals surface area contributed by atoms with Crippen molar-refractivity contribution in [1.82, 2.24) is 9.13 Å². The van der Waals surface area contributed by atoms with Crippen molar-refractivity contribution in [3.05, 3.63) is 52.7 Å². The van der Waals surface area contributed by atoms with Crippen LogP contribution in [0, 0.1) is 0 Å². The second-order valence-corrected chi connectivity index (χ2v) is 4.22. The second kappa shape index (κ2) is 5.10. The van der Waals surface area contributed by atoms with E-state index in [1.165, 1.54) is 4.57 Å². The van der Waals surface area contributed by atoms with Crippen LogP contribution in [0.4, 0.5) is 0 Å². The van der Waals surface area contributed by atoms with Gasteiger partial charge in [-0.3, -0.25) is 4.57 Å². The van der Waals surface area contributed by atoms with Gasteiger partial charge in [0.1, 0.15) is 5.75 Å². The molecule has 96 valence electrons. The normalized spacial score (nSPS) is 12.4. The van der Waals surface area contributed by atoms with Gasteiger partial charge >= 0.3 is 5.69 Å². The molecule has 0 saturated carbocycles. The van der Waals surface area contributed by atoms with Crippen molar-refractivity contribution in [3.63, 3.8) is 0 Å². The number of benzene rings is 1. The van der Waals surface area contributed by atoms with Crippen LogP contribution in [-0.4, -0.2) is 16.2 Å². The Morgan fingerprint density at radius 3 is 2.44 bits per heavy atom. The molecule has 0 radical (unpaired) electrons. The molecular weight excluding hydrogens is 230 g/mol. The summed E-state index contributed by atoms with van der Waals surface area (Å²) in [5.74, 6) is 0.794. The quantitative estimate of drug-likeness (QED) is 0.873. The SMILES string of the molecule is COc1ccc(C(N)Cn2ccn(C)c2=O)cc1. The van der Waals surface area contributed by atoms with Crippen LogP contribution < -0.4 is 16.2 Å². The molecule has 2 aromatic rings. The molecule has 1 heterocycles. The molecule has 2 rings (SSSR count). The van der Waals surface area contributed by atoms with Crippen molar-refractivity contribution in [2.75, 3.05) is 7.11 Å². The van der Waals surface area contributed by atoms with E-state index in [-0.39, 0.29) is 11.7 Å². The van der Waals surface area contributed by atoms with Gasteiger partial charge in [0, 0.05) is 32.0 Å². The maximum Gasteiger partial charge on any atom is 0.327 e. The maximum absolute atomic E-state index is 11.7. The van der Waals surface area contributed by atoms with Crippen LogP contribution in [0.3, 0.4) is 0 Å². The first kappa shape index (κ1) is 12.4. The van der Waals surface area contributed by atoms with Gasteiger partial charge in [-0.25, -0.2) is 4.79 Å². The summed E-state index contributed by atoms with van der Waals surface area (Å²) < 4.78 is 8.22. The van der Waals surface area contributed by atoms with E-state index in [1.807, 2.05) is 24.3 Å². The minimum atomic E-state index is -0.212. The molecule has 1 aromatic carbocycles. The average molecular weight is 247 g/mol. The van der Waals surface area contributed by atoms with E-state index in [9.17, 15) is 4.79 Å². The number of methoxy groups -OCH3 is 1. The number of aryl methyl sites for hydroxylation is 1. The molecule has 0 spiro atoms. The Labute approximate surface area is 105 Å². The van der Waals surface area contributed by atoms with E-state index in [0.717, 1.165) is 11.3 Å². The van der Waals surface area contributed by atoms with Gasteiger partial charge < -0.3 is 15.0 Å². The fourth-order valence-electron chi connectivity index (χ4n) is 1.82. The molecule has 0 bridgehead atoms. The van der Waals surface area contributed by atoms with Gasteiger partial charge in [-0.1, -0.05) is 12.1 Å². The first-order chi connectivity index (χ1) is 8.61. The summed E-state index contributed by atoms with van der Waals surface area (Å²) in [4.78, 5) is 11.7. The van der Waals surface area contributed by atoms with Crippen LogP contribution in [0.2, 0.25) is 0 Å². The van der Waals surface area contributed by atoms with Crippen LogP contribution in [-0.2, 0) is 13.6 Å². The first-order valence-corrected chi connectivity index (χ1v) is 5.73. The number of imidazole rings is 1. The number of ether oxygens (including phenoxy) is 1. The number of aromatic nitrogens is 2. The molecule has 0 aliphatic heterocycles. The zero-order valence-electron chi connectivity index (χ0n) is 10.5. The molecule has 18 heavy (non-hydrogen) atoms. The van der Waals surface area contributed by atoms with Gasteiger partial charge in [0.15, 0.2) is 0 Å². The highest BCUT2D eigenvalue weighted by Gasteiger charge is 2.09. The van der Waals surface area contributed by atoms with Crippen molar-refractivity contribution < 1.29 is 4.74 Å². The first-order valence-electron chi connectivity index (χ1n) is 5.73. The van der Waals surface area contributed by atoms with Crippen molar-refractivity contribution in [2.24, 2.45) is 12.8 Å². The standard InChI is InChI=1S/C13H17N3O2/c1-15-7-8-16(13(15)17)9-12(14)10-3-5-11(18-2)6-4-10/h3-8,12H,9,14H2,1-2H3. The molecular formula is C13H17N3O2. The van der Waals surface area contributed by atoms with Gasteiger partial charge in [-0.05, 0) is 17.7 Å². The van der Waals surface area contributed by atoms with E-state index in [2.05, 4.69) is 0 Å². The third-order valence-corrected chi connectivity index (χ3v) is 2.95. The fourth-order valence-corrected chi connectivity index (χ4v) is 1.82. The average Bonchev–Trinajstić information content (AvgIpc) is 2.71. The summed E-state index contributed by atoms with van der Waals surface area (Å²) in [6.45, 7) is 0.464. The van der Waals surface area contributed by atoms with Crippen molar-refractivity contribution in [3.8, 4) is 5.75 Å². The van der Waals surface area contributed by atoms with Gasteiger partial charge in [-0.2, -0.15) is 0 Å². The molecule has 1 unspecified atom stereocenters. The minimum Gasteiger partial charge on any atom is -0.497 e. The zero-order chi connectivity index (χ0) is 13.1. The van der Waals surface area contributed by atoms with Crippen LogP contribution >= 0.6 is 0 Å². The summed E-state index contributed by atoms with van der Waals surface area (Å²) in [5.41, 5.74) is 7.01. The third-order valence-electron chi connectivity index (χ3n) is 2.95. The van der Waals surface area contributed by atoms with Crippen LogP contribution in [0.1, 0.15) is 11.6 Å². The molecule has 2 N–H and O–H groups in total. The van der Waals surface area contributed by atoms with Crippen LogP contribution in [0.15, 0.2) is 41.5 Å². The Hall–Kier alpha value is -2.01. The predicted molar refractivity (Wildman–Crippen MR) is 69.6 cm³/mol. The number of rotatable bonds is 4. The summed E-state index contributed by atoms with van der Waals surface area (Å²) in [7, 11) is 3.34. The predicted octanol–water partition coefficient (Wildman–Crippen LogP) is 0.895. The van der Waals surface area contributed by atoms with Crippen molar-refractivity contribution >= 4 is 0 Å². The van der Waals surface area contributed by atoms with Gasteiger partial charge in [0.05, 0.1) is 7.11 Å². The number of hydrogen-bond donors (Lipinski definition) is 1. The Bertz CT molecular complexity index is 569. The lowest BCUT2D eigenvalue weighted by Crippen LogP contribution is -2.27. The fraction of sp³-hybridized carbons (Fsp3) is 0.308. The molecule has 0 saturated heterocycles.